The lowest BCUT2D eigenvalue weighted by Crippen LogP contribution is -2.18. The number of aromatic nitrogens is 1. The van der Waals surface area contributed by atoms with Gasteiger partial charge in [0.1, 0.15) is 0 Å². The molecule has 0 aliphatic carbocycles. The second kappa shape index (κ2) is 8.85. The summed E-state index contributed by atoms with van der Waals surface area (Å²) in [4.78, 5) is 6.92. The average Bonchev–Trinajstić information content (AvgIpc) is 3.14. The number of aliphatic imine (C=N–C) groups is 1. The molecule has 2 aromatic rings. The molecule has 2 heterocycles. The molecule has 31 heavy (non-hydrogen) atoms. The van der Waals surface area contributed by atoms with Crippen molar-refractivity contribution >= 4 is 24.4 Å². The normalized spacial score (nSPS) is 15.5. The number of hydrogen-bond donors (Lipinski definition) is 0. The molecule has 164 valence electrons. The molecule has 0 unspecified atom stereocenters. The number of rotatable bonds is 6. The molecule has 1 aromatic carbocycles. The van der Waals surface area contributed by atoms with E-state index in [2.05, 4.69) is 13.8 Å². The Kier molecular flexibility index (Phi) is 6.58. The van der Waals surface area contributed by atoms with Crippen molar-refractivity contribution in [2.45, 2.75) is 54.4 Å². The standard InChI is InChI=1S/C25H32BF2N3/c1-9-21-15(3)24(29-17(21)5)23(19-11-13-20(14-12-19)30(7)8)25-16(4)22(10-2)18(6)31(25)26(27)28/h11-14H,9-10H2,1-8H3/b24-23-. The summed E-state index contributed by atoms with van der Waals surface area (Å²) in [5, 5.41) is 0. The molecule has 0 saturated carbocycles. The van der Waals surface area contributed by atoms with Crippen LogP contribution in [0.3, 0.4) is 0 Å². The molecule has 0 spiro atoms. The largest absolute Gasteiger partial charge is 0.677 e. The lowest BCUT2D eigenvalue weighted by atomic mass is 9.92. The minimum absolute atomic E-state index is 0.574. The molecule has 0 radical (unpaired) electrons. The molecule has 0 fully saturated rings. The van der Waals surface area contributed by atoms with E-state index in [1.807, 2.05) is 64.0 Å². The summed E-state index contributed by atoms with van der Waals surface area (Å²) in [5.41, 5.74) is 9.88. The van der Waals surface area contributed by atoms with Crippen LogP contribution in [0.25, 0.3) is 5.57 Å². The van der Waals surface area contributed by atoms with Crippen LogP contribution in [0.15, 0.2) is 46.1 Å². The molecule has 1 aliphatic heterocycles. The zero-order valence-corrected chi connectivity index (χ0v) is 19.9. The van der Waals surface area contributed by atoms with E-state index in [-0.39, 0.29) is 0 Å². The molecule has 3 rings (SSSR count). The van der Waals surface area contributed by atoms with Gasteiger partial charge in [-0.2, -0.15) is 0 Å². The Morgan fingerprint density at radius 3 is 2.06 bits per heavy atom. The molecular weight excluding hydrogens is 391 g/mol. The van der Waals surface area contributed by atoms with Gasteiger partial charge in [-0.1, -0.05) is 26.0 Å². The molecule has 1 aromatic heterocycles. The number of allylic oxidation sites excluding steroid dienone is 2. The van der Waals surface area contributed by atoms with Crippen molar-refractivity contribution in [3.8, 4) is 0 Å². The summed E-state index contributed by atoms with van der Waals surface area (Å²) in [6.07, 6.45) is 1.58. The fourth-order valence-electron chi connectivity index (χ4n) is 4.79. The summed E-state index contributed by atoms with van der Waals surface area (Å²) < 4.78 is 29.9. The summed E-state index contributed by atoms with van der Waals surface area (Å²) >= 11 is 0. The Morgan fingerprint density at radius 2 is 1.61 bits per heavy atom. The highest BCUT2D eigenvalue weighted by Crippen LogP contribution is 2.40. The quantitative estimate of drug-likeness (QED) is 0.488. The Balaban J connectivity index is 2.43. The zero-order valence-electron chi connectivity index (χ0n) is 19.9. The maximum absolute atomic E-state index is 14.4. The third-order valence-corrected chi connectivity index (χ3v) is 6.42. The van der Waals surface area contributed by atoms with Gasteiger partial charge in [0.25, 0.3) is 0 Å². The number of anilines is 1. The van der Waals surface area contributed by atoms with Crippen molar-refractivity contribution in [1.29, 1.82) is 0 Å². The average molecular weight is 423 g/mol. The molecule has 3 nitrogen and oxygen atoms in total. The van der Waals surface area contributed by atoms with E-state index < -0.39 is 7.40 Å². The van der Waals surface area contributed by atoms with Crippen LogP contribution in [-0.2, 0) is 6.42 Å². The topological polar surface area (TPSA) is 20.5 Å². The molecule has 6 heteroatoms. The van der Waals surface area contributed by atoms with Crippen molar-refractivity contribution in [3.63, 3.8) is 0 Å². The van der Waals surface area contributed by atoms with Crippen LogP contribution in [0.5, 0.6) is 0 Å². The molecule has 0 amide bonds. The maximum atomic E-state index is 14.4. The van der Waals surface area contributed by atoms with Crippen LogP contribution in [0.4, 0.5) is 14.3 Å². The van der Waals surface area contributed by atoms with Gasteiger partial charge >= 0.3 is 7.40 Å². The first-order valence-corrected chi connectivity index (χ1v) is 10.9. The summed E-state index contributed by atoms with van der Waals surface area (Å²) in [6, 6.07) is 8.09. The second-order valence-corrected chi connectivity index (χ2v) is 8.36. The van der Waals surface area contributed by atoms with Crippen LogP contribution in [0.1, 0.15) is 62.2 Å². The van der Waals surface area contributed by atoms with Crippen molar-refractivity contribution < 1.29 is 8.63 Å². The smallest absolute Gasteiger partial charge is 0.378 e. The van der Waals surface area contributed by atoms with Crippen LogP contribution in [-0.4, -0.2) is 31.7 Å². The van der Waals surface area contributed by atoms with Gasteiger partial charge in [-0.25, -0.2) is 0 Å². The van der Waals surface area contributed by atoms with Gasteiger partial charge in [0.05, 0.1) is 5.70 Å². The monoisotopic (exact) mass is 423 g/mol. The van der Waals surface area contributed by atoms with Crippen LogP contribution in [0, 0.1) is 13.8 Å². The third-order valence-electron chi connectivity index (χ3n) is 6.42. The molecule has 0 N–H and O–H groups in total. The van der Waals surface area contributed by atoms with Crippen LogP contribution in [0.2, 0.25) is 0 Å². The van der Waals surface area contributed by atoms with E-state index in [9.17, 15) is 8.63 Å². The first-order valence-electron chi connectivity index (χ1n) is 10.9. The van der Waals surface area contributed by atoms with Gasteiger partial charge in [-0.15, -0.1) is 0 Å². The van der Waals surface area contributed by atoms with E-state index in [0.717, 1.165) is 51.4 Å². The Bertz CT molecular complexity index is 1090. The fourth-order valence-corrected chi connectivity index (χ4v) is 4.79. The van der Waals surface area contributed by atoms with Gasteiger partial charge in [-0.3, -0.25) is 13.6 Å². The van der Waals surface area contributed by atoms with E-state index in [0.29, 0.717) is 17.8 Å². The van der Waals surface area contributed by atoms with E-state index in [1.54, 1.807) is 6.92 Å². The molecule has 0 saturated heterocycles. The number of benzene rings is 1. The maximum Gasteiger partial charge on any atom is 0.677 e. The first kappa shape index (κ1) is 23.0. The van der Waals surface area contributed by atoms with Crippen molar-refractivity contribution in [2.24, 2.45) is 4.99 Å². The molecule has 0 atom stereocenters. The van der Waals surface area contributed by atoms with E-state index in [4.69, 9.17) is 4.99 Å². The summed E-state index contributed by atoms with van der Waals surface area (Å²) in [6.45, 7) is 11.9. The lowest BCUT2D eigenvalue weighted by Gasteiger charge is -2.18. The molecule has 0 bridgehead atoms. The number of nitrogens with zero attached hydrogens (tertiary/aromatic N) is 3. The predicted molar refractivity (Wildman–Crippen MR) is 130 cm³/mol. The Morgan fingerprint density at radius 1 is 1.00 bits per heavy atom. The van der Waals surface area contributed by atoms with Crippen LogP contribution >= 0.6 is 0 Å². The lowest BCUT2D eigenvalue weighted by molar-refractivity contribution is 0.623. The van der Waals surface area contributed by atoms with Gasteiger partial charge in [-0.05, 0) is 80.5 Å². The highest BCUT2D eigenvalue weighted by Gasteiger charge is 2.32. The van der Waals surface area contributed by atoms with Crippen LogP contribution < -0.4 is 4.90 Å². The highest BCUT2D eigenvalue weighted by atomic mass is 19.2. The van der Waals surface area contributed by atoms with Gasteiger partial charge in [0.2, 0.25) is 0 Å². The number of hydrogen-bond acceptors (Lipinski definition) is 2. The molecular formula is C25H32BF2N3. The minimum atomic E-state index is -2.62. The Labute approximate surface area is 185 Å². The Hall–Kier alpha value is -2.63. The fraction of sp³-hybridized carbons (Fsp3) is 0.400. The predicted octanol–water partition coefficient (Wildman–Crippen LogP) is 6.47. The van der Waals surface area contributed by atoms with Crippen molar-refractivity contribution in [2.75, 3.05) is 19.0 Å². The van der Waals surface area contributed by atoms with Crippen molar-refractivity contribution in [1.82, 2.24) is 4.48 Å². The highest BCUT2D eigenvalue weighted by molar-refractivity contribution is 6.41. The number of halogens is 2. The van der Waals surface area contributed by atoms with Gasteiger partial charge in [0, 0.05) is 42.5 Å². The van der Waals surface area contributed by atoms with Gasteiger partial charge < -0.3 is 9.38 Å². The molecule has 1 aliphatic rings. The van der Waals surface area contributed by atoms with E-state index >= 15 is 0 Å². The summed E-state index contributed by atoms with van der Waals surface area (Å²) in [7, 11) is 1.36. The second-order valence-electron chi connectivity index (χ2n) is 8.36. The third kappa shape index (κ3) is 3.88. The van der Waals surface area contributed by atoms with Crippen molar-refractivity contribution in [3.05, 3.63) is 69.2 Å². The first-order chi connectivity index (χ1) is 14.6. The minimum Gasteiger partial charge on any atom is -0.378 e. The summed E-state index contributed by atoms with van der Waals surface area (Å²) in [5.74, 6) is 0. The van der Waals surface area contributed by atoms with Gasteiger partial charge in [0.15, 0.2) is 0 Å². The SMILES string of the molecule is CCC1=C(C)/C(=C(\c2ccc(N(C)C)cc2)c2c(C)c(CC)c(C)n2B(F)F)N=C1C. The zero-order chi connectivity index (χ0) is 23.0. The van der Waals surface area contributed by atoms with E-state index in [1.165, 1.54) is 10.1 Å².